The van der Waals surface area contributed by atoms with Gasteiger partial charge in [-0.2, -0.15) is 0 Å². The highest BCUT2D eigenvalue weighted by Crippen LogP contribution is 2.37. The molecule has 0 atom stereocenters. The van der Waals surface area contributed by atoms with Gasteiger partial charge >= 0.3 is 5.97 Å². The van der Waals surface area contributed by atoms with Crippen molar-refractivity contribution >= 4 is 22.4 Å². The Labute approximate surface area is 89.9 Å². The summed E-state index contributed by atoms with van der Waals surface area (Å²) in [7, 11) is 0. The Kier molecular flexibility index (Phi) is 2.28. The summed E-state index contributed by atoms with van der Waals surface area (Å²) in [5.74, 6) is -1.59. The maximum Gasteiger partial charge on any atom is 0.336 e. The number of aromatic carboxylic acids is 1. The molecule has 0 saturated carbocycles. The van der Waals surface area contributed by atoms with Crippen LogP contribution >= 0.6 is 0 Å². The highest BCUT2D eigenvalue weighted by molar-refractivity contribution is 6.08. The van der Waals surface area contributed by atoms with E-state index in [1.54, 1.807) is 18.2 Å². The Morgan fingerprint density at radius 1 is 1.19 bits per heavy atom. The Bertz CT molecular complexity index is 592. The van der Waals surface area contributed by atoms with Gasteiger partial charge in [0.15, 0.2) is 5.69 Å². The predicted molar refractivity (Wildman–Crippen MR) is 58.0 cm³/mol. The summed E-state index contributed by atoms with van der Waals surface area (Å²) in [6.45, 7) is 0. The lowest BCUT2D eigenvalue weighted by atomic mass is 10.0. The maximum atomic E-state index is 10.9. The molecule has 16 heavy (non-hydrogen) atoms. The largest absolute Gasteiger partial charge is 0.506 e. The van der Waals surface area contributed by atoms with Gasteiger partial charge in [0, 0.05) is 5.39 Å². The van der Waals surface area contributed by atoms with Crippen LogP contribution < -0.4 is 0 Å². The van der Waals surface area contributed by atoms with Gasteiger partial charge in [0.05, 0.1) is 5.56 Å². The van der Waals surface area contributed by atoms with E-state index in [4.69, 9.17) is 5.11 Å². The highest BCUT2D eigenvalue weighted by Gasteiger charge is 2.15. The van der Waals surface area contributed by atoms with Crippen molar-refractivity contribution in [1.29, 1.82) is 0 Å². The minimum atomic E-state index is -1.16. The monoisotopic (exact) mass is 217 g/mol. The third-order valence-electron chi connectivity index (χ3n) is 2.32. The lowest BCUT2D eigenvalue weighted by Gasteiger charge is -2.05. The third-order valence-corrected chi connectivity index (χ3v) is 2.32. The number of hydrogen-bond donors (Lipinski definition) is 2. The first-order chi connectivity index (χ1) is 7.65. The van der Waals surface area contributed by atoms with Crippen molar-refractivity contribution in [3.63, 3.8) is 0 Å². The number of carboxylic acid groups (broad SMARTS) is 1. The number of benzene rings is 2. The van der Waals surface area contributed by atoms with Crippen LogP contribution in [0.4, 0.5) is 5.69 Å². The van der Waals surface area contributed by atoms with E-state index in [-0.39, 0.29) is 11.3 Å². The van der Waals surface area contributed by atoms with Crippen LogP contribution in [0, 0.1) is 4.91 Å². The second-order valence-electron chi connectivity index (χ2n) is 3.23. The van der Waals surface area contributed by atoms with Crippen molar-refractivity contribution in [3.05, 3.63) is 40.8 Å². The Hall–Kier alpha value is -2.43. The van der Waals surface area contributed by atoms with Crippen molar-refractivity contribution in [3.8, 4) is 5.75 Å². The molecule has 0 radical (unpaired) electrons. The average Bonchev–Trinajstić information content (AvgIpc) is 2.28. The normalized spacial score (nSPS) is 10.2. The molecule has 5 nitrogen and oxygen atoms in total. The molecule has 0 unspecified atom stereocenters. The summed E-state index contributed by atoms with van der Waals surface area (Å²) in [6, 6.07) is 7.43. The molecule has 0 aliphatic rings. The van der Waals surface area contributed by atoms with Crippen molar-refractivity contribution in [2.45, 2.75) is 0 Å². The molecule has 0 aromatic heterocycles. The second-order valence-corrected chi connectivity index (χ2v) is 3.23. The molecule has 0 amide bonds. The van der Waals surface area contributed by atoms with Crippen LogP contribution in [0.15, 0.2) is 35.5 Å². The number of nitrogens with zero attached hydrogens (tertiary/aromatic N) is 1. The molecule has 2 aromatic carbocycles. The molecule has 80 valence electrons. The molecule has 2 aromatic rings. The van der Waals surface area contributed by atoms with E-state index in [1.807, 2.05) is 0 Å². The topological polar surface area (TPSA) is 87.0 Å². The van der Waals surface area contributed by atoms with Crippen LogP contribution in [0.2, 0.25) is 0 Å². The van der Waals surface area contributed by atoms with Crippen LogP contribution in [0.3, 0.4) is 0 Å². The minimum Gasteiger partial charge on any atom is -0.506 e. The Morgan fingerprint density at radius 3 is 2.38 bits per heavy atom. The maximum absolute atomic E-state index is 10.9. The van der Waals surface area contributed by atoms with Gasteiger partial charge in [-0.05, 0) is 16.6 Å². The van der Waals surface area contributed by atoms with Gasteiger partial charge in [-0.15, -0.1) is 4.91 Å². The summed E-state index contributed by atoms with van der Waals surface area (Å²) in [5, 5.41) is 21.8. The molecule has 0 aliphatic carbocycles. The number of carbonyl (C=O) groups is 1. The van der Waals surface area contributed by atoms with E-state index >= 15 is 0 Å². The van der Waals surface area contributed by atoms with Gasteiger partial charge in [0.25, 0.3) is 0 Å². The third kappa shape index (κ3) is 1.38. The molecule has 0 bridgehead atoms. The van der Waals surface area contributed by atoms with Crippen LogP contribution in [0.25, 0.3) is 10.8 Å². The predicted octanol–water partition coefficient (Wildman–Crippen LogP) is 2.64. The molecule has 0 saturated heterocycles. The Balaban J connectivity index is 2.96. The number of nitroso groups, excluding NO2 is 1. The van der Waals surface area contributed by atoms with Crippen molar-refractivity contribution in [1.82, 2.24) is 0 Å². The van der Waals surface area contributed by atoms with E-state index < -0.39 is 11.7 Å². The van der Waals surface area contributed by atoms with Crippen molar-refractivity contribution < 1.29 is 15.0 Å². The molecule has 0 spiro atoms. The molecule has 2 N–H and O–H groups in total. The number of rotatable bonds is 2. The lowest BCUT2D eigenvalue weighted by Crippen LogP contribution is -1.97. The molecule has 0 aliphatic heterocycles. The quantitative estimate of drug-likeness (QED) is 0.757. The van der Waals surface area contributed by atoms with E-state index in [0.29, 0.717) is 10.8 Å². The molecule has 0 fully saturated rings. The van der Waals surface area contributed by atoms with Gasteiger partial charge in [-0.3, -0.25) is 0 Å². The molecular formula is C11H7NO4. The van der Waals surface area contributed by atoms with Crippen LogP contribution in [0.1, 0.15) is 10.4 Å². The highest BCUT2D eigenvalue weighted by atomic mass is 16.4. The first kappa shape index (κ1) is 10.1. The smallest absolute Gasteiger partial charge is 0.336 e. The standard InChI is InChI=1S/C11H7NO4/c13-9-5-8(11(14)15)6-3-1-2-4-7(6)10(9)12-16/h1-5,13H,(H,14,15). The second kappa shape index (κ2) is 3.62. The summed E-state index contributed by atoms with van der Waals surface area (Å²) >= 11 is 0. The fourth-order valence-electron chi connectivity index (χ4n) is 1.62. The van der Waals surface area contributed by atoms with Gasteiger partial charge in [0.2, 0.25) is 0 Å². The fourth-order valence-corrected chi connectivity index (χ4v) is 1.62. The zero-order valence-corrected chi connectivity index (χ0v) is 8.04. The van der Waals surface area contributed by atoms with Crippen LogP contribution in [-0.2, 0) is 0 Å². The van der Waals surface area contributed by atoms with Crippen LogP contribution in [-0.4, -0.2) is 16.2 Å². The summed E-state index contributed by atoms with van der Waals surface area (Å²) < 4.78 is 0. The van der Waals surface area contributed by atoms with Gasteiger partial charge in [-0.1, -0.05) is 24.3 Å². The number of phenols is 1. The summed E-state index contributed by atoms with van der Waals surface area (Å²) in [6.07, 6.45) is 0. The van der Waals surface area contributed by atoms with E-state index in [0.717, 1.165) is 6.07 Å². The van der Waals surface area contributed by atoms with E-state index in [1.165, 1.54) is 6.07 Å². The Morgan fingerprint density at radius 2 is 1.81 bits per heavy atom. The number of hydrogen-bond acceptors (Lipinski definition) is 4. The first-order valence-corrected chi connectivity index (χ1v) is 4.46. The van der Waals surface area contributed by atoms with Gasteiger partial charge < -0.3 is 10.2 Å². The summed E-state index contributed by atoms with van der Waals surface area (Å²) in [5.41, 5.74) is -0.193. The number of carboxylic acids is 1. The molecule has 2 rings (SSSR count). The number of fused-ring (bicyclic) bond motifs is 1. The zero-order valence-electron chi connectivity index (χ0n) is 8.04. The fraction of sp³-hybridized carbons (Fsp3) is 0. The molecule has 0 heterocycles. The van der Waals surface area contributed by atoms with Gasteiger partial charge in [-0.25, -0.2) is 4.79 Å². The van der Waals surface area contributed by atoms with Crippen molar-refractivity contribution in [2.24, 2.45) is 5.18 Å². The number of aromatic hydroxyl groups is 1. The van der Waals surface area contributed by atoms with Crippen molar-refractivity contribution in [2.75, 3.05) is 0 Å². The van der Waals surface area contributed by atoms with E-state index in [2.05, 4.69) is 5.18 Å². The van der Waals surface area contributed by atoms with Crippen LogP contribution in [0.5, 0.6) is 5.75 Å². The number of phenolic OH excluding ortho intramolecular Hbond substituents is 1. The zero-order chi connectivity index (χ0) is 11.7. The SMILES string of the molecule is O=Nc1c(O)cc(C(=O)O)c2ccccc12. The minimum absolute atomic E-state index is 0.0551. The molecule has 5 heteroatoms. The molecular weight excluding hydrogens is 210 g/mol. The average molecular weight is 217 g/mol. The summed E-state index contributed by atoms with van der Waals surface area (Å²) in [4.78, 5) is 21.5. The lowest BCUT2D eigenvalue weighted by molar-refractivity contribution is 0.0698. The van der Waals surface area contributed by atoms with Gasteiger partial charge in [0.1, 0.15) is 5.75 Å². The first-order valence-electron chi connectivity index (χ1n) is 4.46. The van der Waals surface area contributed by atoms with E-state index in [9.17, 15) is 14.8 Å².